The zero-order chi connectivity index (χ0) is 28.1. The van der Waals surface area contributed by atoms with Gasteiger partial charge in [0.05, 0.1) is 5.57 Å². The molecule has 0 heterocycles. The van der Waals surface area contributed by atoms with Crippen molar-refractivity contribution in [3.05, 3.63) is 23.3 Å². The fourth-order valence-electron chi connectivity index (χ4n) is 10.6. The number of hydrogen-bond acceptors (Lipinski definition) is 5. The van der Waals surface area contributed by atoms with Crippen molar-refractivity contribution in [2.24, 2.45) is 50.2 Å². The van der Waals surface area contributed by atoms with Gasteiger partial charge in [-0.3, -0.25) is 9.59 Å². The van der Waals surface area contributed by atoms with Crippen LogP contribution in [0.5, 0.6) is 0 Å². The lowest BCUT2D eigenvalue weighted by atomic mass is 9.34. The molecule has 0 amide bonds. The molecule has 6 heteroatoms. The molecule has 5 aliphatic carbocycles. The van der Waals surface area contributed by atoms with Crippen LogP contribution < -0.4 is 0 Å². The van der Waals surface area contributed by atoms with Gasteiger partial charge in [0.15, 0.2) is 11.6 Å². The molecule has 206 valence electrons. The van der Waals surface area contributed by atoms with E-state index >= 15 is 0 Å². The summed E-state index contributed by atoms with van der Waals surface area (Å²) in [5, 5.41) is 29.4. The summed E-state index contributed by atoms with van der Waals surface area (Å²) in [4.78, 5) is 27.7. The number of ketones is 2. The van der Waals surface area contributed by atoms with Gasteiger partial charge in [-0.2, -0.15) is 5.26 Å². The second kappa shape index (κ2) is 8.40. The van der Waals surface area contributed by atoms with Crippen molar-refractivity contribution < 1.29 is 19.6 Å². The highest BCUT2D eigenvalue weighted by atomic mass is 16.4. The smallest absolute Gasteiger partial charge is 0.427 e. The predicted octanol–water partition coefficient (Wildman–Crippen LogP) is 6.07. The van der Waals surface area contributed by atoms with E-state index in [1.807, 2.05) is 26.0 Å². The number of nitriles is 1. The van der Waals surface area contributed by atoms with Gasteiger partial charge in [0, 0.05) is 16.7 Å². The topological polar surface area (TPSA) is 98.4 Å². The summed E-state index contributed by atoms with van der Waals surface area (Å²) in [6.07, 6.45) is 11.9. The Morgan fingerprint density at radius 3 is 2.29 bits per heavy atom. The first-order valence-corrected chi connectivity index (χ1v) is 14.8. The maximum absolute atomic E-state index is 14.4. The molecule has 3 saturated carbocycles. The lowest BCUT2D eigenvalue weighted by Crippen LogP contribution is -2.64. The molecule has 5 rings (SSSR count). The normalized spacial score (nSPS) is 44.9. The van der Waals surface area contributed by atoms with Gasteiger partial charge >= 0.3 is 7.12 Å². The van der Waals surface area contributed by atoms with Crippen LogP contribution in [0.1, 0.15) is 99.8 Å². The molecular formula is C32H46BNO4. The summed E-state index contributed by atoms with van der Waals surface area (Å²) in [6, 6.07) is 2.19. The highest BCUT2D eigenvalue weighted by molar-refractivity contribution is 6.40. The van der Waals surface area contributed by atoms with Crippen LogP contribution in [0, 0.1) is 61.6 Å². The van der Waals surface area contributed by atoms with E-state index < -0.39 is 17.9 Å². The number of fused-ring (bicyclic) bond motifs is 7. The van der Waals surface area contributed by atoms with E-state index in [0.717, 1.165) is 56.9 Å². The van der Waals surface area contributed by atoms with Crippen molar-refractivity contribution in [1.82, 2.24) is 0 Å². The van der Waals surface area contributed by atoms with Crippen molar-refractivity contribution in [1.29, 1.82) is 5.26 Å². The molecule has 3 fully saturated rings. The average molecular weight is 520 g/mol. The van der Waals surface area contributed by atoms with E-state index in [1.165, 1.54) is 0 Å². The zero-order valence-corrected chi connectivity index (χ0v) is 24.5. The van der Waals surface area contributed by atoms with E-state index in [1.54, 1.807) is 0 Å². The third kappa shape index (κ3) is 3.56. The number of carbonyl (C=O) groups is 2. The van der Waals surface area contributed by atoms with Crippen LogP contribution in [-0.4, -0.2) is 28.7 Å². The number of Topliss-reactive ketones (excluding diaryl/α,β-unsaturated/α-hetero) is 1. The highest BCUT2D eigenvalue weighted by Gasteiger charge is 2.69. The van der Waals surface area contributed by atoms with E-state index in [4.69, 9.17) is 0 Å². The Hall–Kier alpha value is -1.71. The van der Waals surface area contributed by atoms with E-state index in [9.17, 15) is 24.9 Å². The summed E-state index contributed by atoms with van der Waals surface area (Å²) < 4.78 is 0. The molecule has 7 atom stereocenters. The van der Waals surface area contributed by atoms with E-state index in [0.29, 0.717) is 6.32 Å². The number of carbonyl (C=O) groups excluding carboxylic acids is 2. The van der Waals surface area contributed by atoms with Crippen molar-refractivity contribution in [3.63, 3.8) is 0 Å². The van der Waals surface area contributed by atoms with Crippen molar-refractivity contribution in [2.75, 3.05) is 0 Å². The number of allylic oxidation sites excluding steroid dienone is 4. The summed E-state index contributed by atoms with van der Waals surface area (Å²) >= 11 is 0. The number of nitrogens with zero attached hydrogens (tertiary/aromatic N) is 1. The summed E-state index contributed by atoms with van der Waals surface area (Å²) in [5.41, 5.74) is -0.128. The molecule has 0 saturated heterocycles. The molecule has 2 N–H and O–H groups in total. The van der Waals surface area contributed by atoms with Gasteiger partial charge in [-0.15, -0.1) is 0 Å². The predicted molar refractivity (Wildman–Crippen MR) is 149 cm³/mol. The van der Waals surface area contributed by atoms with Crippen molar-refractivity contribution in [2.45, 2.75) is 106 Å². The van der Waals surface area contributed by atoms with Crippen LogP contribution in [0.25, 0.3) is 0 Å². The molecule has 0 aromatic carbocycles. The fraction of sp³-hybridized carbons (Fsp3) is 0.781. The maximum atomic E-state index is 14.4. The minimum Gasteiger partial charge on any atom is -0.427 e. The number of hydrogen-bond donors (Lipinski definition) is 2. The second-order valence-electron chi connectivity index (χ2n) is 15.6. The second-order valence-corrected chi connectivity index (χ2v) is 15.6. The van der Waals surface area contributed by atoms with Crippen LogP contribution in [0.3, 0.4) is 0 Å². The van der Waals surface area contributed by atoms with Crippen molar-refractivity contribution in [3.8, 4) is 6.07 Å². The Morgan fingerprint density at radius 1 is 1.00 bits per heavy atom. The van der Waals surface area contributed by atoms with Crippen molar-refractivity contribution >= 4 is 18.7 Å². The SMILES string of the molecule is CC1(C)CC[C@]2(CCB(O)O)CC[C@]3(C)[C@H](C(=O)C=C4[C@@]5(C)C=C(C#N)C(=O)C(C)(C)[C@@H]5CC[C@]43C)[C@@H]2C1. The molecule has 5 aliphatic rings. The summed E-state index contributed by atoms with van der Waals surface area (Å²) in [5.74, 6) is 0.300. The monoisotopic (exact) mass is 519 g/mol. The summed E-state index contributed by atoms with van der Waals surface area (Å²) in [6.45, 7) is 15.5. The van der Waals surface area contributed by atoms with Gasteiger partial charge in [0.25, 0.3) is 0 Å². The summed E-state index contributed by atoms with van der Waals surface area (Å²) in [7, 11) is -1.31. The first-order chi connectivity index (χ1) is 17.5. The van der Waals surface area contributed by atoms with E-state index in [-0.39, 0.29) is 56.6 Å². The Kier molecular flexibility index (Phi) is 6.16. The Labute approximate surface area is 229 Å². The third-order valence-electron chi connectivity index (χ3n) is 12.9. The van der Waals surface area contributed by atoms with Gasteiger partial charge < -0.3 is 10.0 Å². The molecule has 0 aliphatic heterocycles. The molecule has 0 spiro atoms. The molecule has 38 heavy (non-hydrogen) atoms. The molecule has 5 nitrogen and oxygen atoms in total. The molecule has 0 aromatic heterocycles. The van der Waals surface area contributed by atoms with Crippen LogP contribution >= 0.6 is 0 Å². The van der Waals surface area contributed by atoms with E-state index in [2.05, 4.69) is 40.7 Å². The Bertz CT molecular complexity index is 1170. The molecule has 0 aromatic rings. The Balaban J connectivity index is 1.66. The maximum Gasteiger partial charge on any atom is 0.451 e. The van der Waals surface area contributed by atoms with Gasteiger partial charge in [0.1, 0.15) is 6.07 Å². The van der Waals surface area contributed by atoms with Gasteiger partial charge in [-0.05, 0) is 97.3 Å². The molecule has 0 unspecified atom stereocenters. The van der Waals surface area contributed by atoms with Gasteiger partial charge in [-0.25, -0.2) is 0 Å². The Morgan fingerprint density at radius 2 is 1.66 bits per heavy atom. The van der Waals surface area contributed by atoms with Crippen LogP contribution in [0.4, 0.5) is 0 Å². The fourth-order valence-corrected chi connectivity index (χ4v) is 10.6. The quantitative estimate of drug-likeness (QED) is 0.441. The zero-order valence-electron chi connectivity index (χ0n) is 24.5. The van der Waals surface area contributed by atoms with Crippen LogP contribution in [-0.2, 0) is 9.59 Å². The first kappa shape index (κ1) is 27.8. The third-order valence-corrected chi connectivity index (χ3v) is 12.9. The van der Waals surface area contributed by atoms with Gasteiger partial charge in [-0.1, -0.05) is 60.1 Å². The lowest BCUT2D eigenvalue weighted by Gasteiger charge is -2.69. The minimum atomic E-state index is -1.31. The lowest BCUT2D eigenvalue weighted by molar-refractivity contribution is -0.171. The molecule has 0 radical (unpaired) electrons. The minimum absolute atomic E-state index is 0.0327. The average Bonchev–Trinajstić information content (AvgIpc) is 2.82. The standard InChI is InChI=1S/C32H46BNO4/c1-27(2)10-12-32(14-15-33(37)38)13-11-31(7)25(21(32)18-27)22(35)16-24-29(5)17-20(19-34)26(36)28(3,4)23(29)8-9-30(24,31)6/h16-17,21,23,25,37-38H,8-15,18H2,1-7H3/t21-,23-,25-,29-,30+,31+,32+/m0/s1. The number of rotatable bonds is 3. The highest BCUT2D eigenvalue weighted by Crippen LogP contribution is 2.75. The first-order valence-electron chi connectivity index (χ1n) is 14.8. The molecular weight excluding hydrogens is 473 g/mol. The molecule has 0 bridgehead atoms. The van der Waals surface area contributed by atoms with Crippen LogP contribution in [0.2, 0.25) is 6.32 Å². The van der Waals surface area contributed by atoms with Gasteiger partial charge in [0.2, 0.25) is 0 Å². The largest absolute Gasteiger partial charge is 0.451 e. The van der Waals surface area contributed by atoms with Crippen LogP contribution in [0.15, 0.2) is 23.3 Å².